The molecule has 0 fully saturated rings. The van der Waals surface area contributed by atoms with Gasteiger partial charge in [0.2, 0.25) is 0 Å². The number of carbonyl (C=O) groups is 1. The lowest BCUT2D eigenvalue weighted by molar-refractivity contribution is -0.137. The monoisotopic (exact) mass is 319 g/mol. The average Bonchev–Trinajstić information content (AvgIpc) is 2.64. The van der Waals surface area contributed by atoms with Crippen LogP contribution in [-0.4, -0.2) is 12.6 Å². The highest BCUT2D eigenvalue weighted by atomic mass is 16.5. The molecule has 4 nitrogen and oxygen atoms in total. The van der Waals surface area contributed by atoms with Crippen molar-refractivity contribution in [2.75, 3.05) is 6.61 Å². The number of carbonyl (C=O) groups excluding carboxylic acids is 1. The van der Waals surface area contributed by atoms with Gasteiger partial charge in [0, 0.05) is 0 Å². The van der Waals surface area contributed by atoms with E-state index in [0.717, 1.165) is 5.56 Å². The molecule has 0 saturated heterocycles. The Bertz CT molecular complexity index is 756. The van der Waals surface area contributed by atoms with Gasteiger partial charge in [0.1, 0.15) is 30.6 Å². The molecule has 0 atom stereocenters. The molecule has 2 aromatic carbocycles. The first-order valence-electron chi connectivity index (χ1n) is 7.39. The fourth-order valence-electron chi connectivity index (χ4n) is 1.92. The van der Waals surface area contributed by atoms with Crippen molar-refractivity contribution in [1.29, 1.82) is 5.26 Å². The zero-order valence-electron chi connectivity index (χ0n) is 13.1. The van der Waals surface area contributed by atoms with Crippen molar-refractivity contribution >= 4 is 12.0 Å². The summed E-state index contributed by atoms with van der Waals surface area (Å²) in [4.78, 5) is 11.7. The van der Waals surface area contributed by atoms with Crippen LogP contribution in [0.25, 0.3) is 6.08 Å². The van der Waals surface area contributed by atoms with E-state index in [1.54, 1.807) is 24.3 Å². The summed E-state index contributed by atoms with van der Waals surface area (Å²) < 4.78 is 10.5. The van der Waals surface area contributed by atoms with E-state index in [0.29, 0.717) is 17.9 Å². The highest BCUT2D eigenvalue weighted by Gasteiger charge is 2.09. The van der Waals surface area contributed by atoms with Gasteiger partial charge in [-0.1, -0.05) is 55.1 Å². The number of nitrogens with zero attached hydrogens (tertiary/aromatic N) is 1. The van der Waals surface area contributed by atoms with Gasteiger partial charge < -0.3 is 9.47 Å². The first kappa shape index (κ1) is 17.0. The van der Waals surface area contributed by atoms with Crippen LogP contribution in [-0.2, 0) is 16.1 Å². The van der Waals surface area contributed by atoms with Crippen LogP contribution in [0.5, 0.6) is 5.75 Å². The van der Waals surface area contributed by atoms with Crippen molar-refractivity contribution in [2.45, 2.75) is 6.61 Å². The van der Waals surface area contributed by atoms with Crippen molar-refractivity contribution in [2.24, 2.45) is 0 Å². The molecule has 0 spiro atoms. The molecule has 0 saturated carbocycles. The lowest BCUT2D eigenvalue weighted by Gasteiger charge is -2.06. The third-order valence-electron chi connectivity index (χ3n) is 3.11. The molecule has 120 valence electrons. The summed E-state index contributed by atoms with van der Waals surface area (Å²) in [6.45, 7) is 4.01. The SMILES string of the molecule is C=CCOC(=O)/C(C#N)=C/c1ccc(OCc2ccccc2)cc1. The molecule has 0 bridgehead atoms. The number of rotatable bonds is 7. The van der Waals surface area contributed by atoms with Crippen molar-refractivity contribution < 1.29 is 14.3 Å². The van der Waals surface area contributed by atoms with Crippen LogP contribution in [0.1, 0.15) is 11.1 Å². The minimum atomic E-state index is -0.665. The molecular weight excluding hydrogens is 302 g/mol. The molecule has 0 heterocycles. The van der Waals surface area contributed by atoms with Crippen molar-refractivity contribution in [1.82, 2.24) is 0 Å². The minimum absolute atomic E-state index is 0.0604. The Kier molecular flexibility index (Phi) is 6.36. The number of hydrogen-bond acceptors (Lipinski definition) is 4. The molecule has 0 unspecified atom stereocenters. The minimum Gasteiger partial charge on any atom is -0.489 e. The van der Waals surface area contributed by atoms with E-state index in [-0.39, 0.29) is 12.2 Å². The van der Waals surface area contributed by atoms with E-state index < -0.39 is 5.97 Å². The number of ether oxygens (including phenoxy) is 2. The number of nitriles is 1. The molecule has 0 aromatic heterocycles. The molecule has 0 aliphatic heterocycles. The second-order valence-electron chi connectivity index (χ2n) is 4.90. The van der Waals surface area contributed by atoms with Gasteiger partial charge in [0.05, 0.1) is 0 Å². The fourth-order valence-corrected chi connectivity index (χ4v) is 1.92. The molecule has 0 radical (unpaired) electrons. The van der Waals surface area contributed by atoms with Gasteiger partial charge in [0.15, 0.2) is 0 Å². The third-order valence-corrected chi connectivity index (χ3v) is 3.11. The average molecular weight is 319 g/mol. The topological polar surface area (TPSA) is 59.3 Å². The summed E-state index contributed by atoms with van der Waals surface area (Å²) in [5.74, 6) is 0.0468. The molecule has 0 amide bonds. The molecule has 2 aromatic rings. The Morgan fingerprint density at radius 2 is 1.83 bits per heavy atom. The summed E-state index contributed by atoms with van der Waals surface area (Å²) in [6, 6.07) is 18.8. The summed E-state index contributed by atoms with van der Waals surface area (Å²) >= 11 is 0. The Labute approximate surface area is 141 Å². The zero-order valence-corrected chi connectivity index (χ0v) is 13.1. The normalized spacial score (nSPS) is 10.5. The Morgan fingerprint density at radius 1 is 1.12 bits per heavy atom. The van der Waals surface area contributed by atoms with E-state index in [1.807, 2.05) is 36.4 Å². The lowest BCUT2D eigenvalue weighted by atomic mass is 10.1. The zero-order chi connectivity index (χ0) is 17.2. The molecule has 4 heteroatoms. The second-order valence-corrected chi connectivity index (χ2v) is 4.90. The van der Waals surface area contributed by atoms with Gasteiger partial charge in [-0.25, -0.2) is 4.79 Å². The molecule has 24 heavy (non-hydrogen) atoms. The molecule has 0 aliphatic carbocycles. The van der Waals surface area contributed by atoms with Gasteiger partial charge in [-0.3, -0.25) is 0 Å². The van der Waals surface area contributed by atoms with Crippen molar-refractivity contribution in [3.8, 4) is 11.8 Å². The lowest BCUT2D eigenvalue weighted by Crippen LogP contribution is -2.06. The van der Waals surface area contributed by atoms with Crippen LogP contribution in [0, 0.1) is 11.3 Å². The predicted molar refractivity (Wildman–Crippen MR) is 92.0 cm³/mol. The van der Waals surface area contributed by atoms with E-state index in [1.165, 1.54) is 12.2 Å². The van der Waals surface area contributed by atoms with E-state index in [2.05, 4.69) is 6.58 Å². The Hall–Kier alpha value is -3.32. The molecule has 2 rings (SSSR count). The third kappa shape index (κ3) is 5.15. The van der Waals surface area contributed by atoms with Crippen LogP contribution in [0.15, 0.2) is 72.8 Å². The predicted octanol–water partition coefficient (Wildman–Crippen LogP) is 3.90. The van der Waals surface area contributed by atoms with Crippen molar-refractivity contribution in [3.63, 3.8) is 0 Å². The first-order chi connectivity index (χ1) is 11.7. The van der Waals surface area contributed by atoms with Crippen molar-refractivity contribution in [3.05, 3.63) is 84.0 Å². The number of benzene rings is 2. The van der Waals surface area contributed by atoms with Crippen LogP contribution >= 0.6 is 0 Å². The Morgan fingerprint density at radius 3 is 2.46 bits per heavy atom. The summed E-state index contributed by atoms with van der Waals surface area (Å²) in [7, 11) is 0. The summed E-state index contributed by atoms with van der Waals surface area (Å²) in [5.41, 5.74) is 1.74. The maximum Gasteiger partial charge on any atom is 0.349 e. The molecule has 0 aliphatic rings. The van der Waals surface area contributed by atoms with Gasteiger partial charge in [-0.2, -0.15) is 5.26 Å². The first-order valence-corrected chi connectivity index (χ1v) is 7.39. The maximum absolute atomic E-state index is 11.7. The second kappa shape index (κ2) is 8.96. The highest BCUT2D eigenvalue weighted by Crippen LogP contribution is 2.16. The highest BCUT2D eigenvalue weighted by molar-refractivity contribution is 5.97. The van der Waals surface area contributed by atoms with Crippen LogP contribution in [0.3, 0.4) is 0 Å². The van der Waals surface area contributed by atoms with Crippen LogP contribution < -0.4 is 4.74 Å². The fraction of sp³-hybridized carbons (Fsp3) is 0.100. The van der Waals surface area contributed by atoms with Crippen LogP contribution in [0.4, 0.5) is 0 Å². The molecular formula is C20H17NO3. The van der Waals surface area contributed by atoms with Gasteiger partial charge in [0.25, 0.3) is 0 Å². The smallest absolute Gasteiger partial charge is 0.349 e. The van der Waals surface area contributed by atoms with Gasteiger partial charge in [-0.05, 0) is 29.3 Å². The largest absolute Gasteiger partial charge is 0.489 e. The Balaban J connectivity index is 2.00. The molecule has 0 N–H and O–H groups in total. The van der Waals surface area contributed by atoms with E-state index >= 15 is 0 Å². The van der Waals surface area contributed by atoms with E-state index in [9.17, 15) is 4.79 Å². The van der Waals surface area contributed by atoms with Gasteiger partial charge >= 0.3 is 5.97 Å². The maximum atomic E-state index is 11.7. The van der Waals surface area contributed by atoms with E-state index in [4.69, 9.17) is 14.7 Å². The summed E-state index contributed by atoms with van der Waals surface area (Å²) in [5, 5.41) is 9.05. The number of hydrogen-bond donors (Lipinski definition) is 0. The van der Waals surface area contributed by atoms with Crippen LogP contribution in [0.2, 0.25) is 0 Å². The van der Waals surface area contributed by atoms with Gasteiger partial charge in [-0.15, -0.1) is 0 Å². The summed E-state index contributed by atoms with van der Waals surface area (Å²) in [6.07, 6.45) is 2.93. The standard InChI is InChI=1S/C20H17NO3/c1-2-12-23-20(22)18(14-21)13-16-8-10-19(11-9-16)24-15-17-6-4-3-5-7-17/h2-11,13H,1,12,15H2/b18-13+. The quantitative estimate of drug-likeness (QED) is 0.336. The number of esters is 1.